The molecule has 0 aliphatic rings. The Balaban J connectivity index is 2.70. The number of methoxy groups -OCH3 is 1. The van der Waals surface area contributed by atoms with Gasteiger partial charge in [0.1, 0.15) is 0 Å². The SMILES string of the molecule is CCC(N)C(SCCC(=O)OC)c1cccc(Cl)c1. The highest BCUT2D eigenvalue weighted by Gasteiger charge is 2.19. The van der Waals surface area contributed by atoms with E-state index in [9.17, 15) is 4.79 Å². The van der Waals surface area contributed by atoms with Gasteiger partial charge in [-0.15, -0.1) is 0 Å². The Bertz CT molecular complexity index is 414. The molecule has 2 N–H and O–H groups in total. The summed E-state index contributed by atoms with van der Waals surface area (Å²) in [5.41, 5.74) is 7.28. The number of esters is 1. The Hall–Kier alpha value is -0.710. The molecular weight excluding hydrogens is 282 g/mol. The summed E-state index contributed by atoms with van der Waals surface area (Å²) >= 11 is 7.69. The number of carbonyl (C=O) groups excluding carboxylic acids is 1. The third kappa shape index (κ3) is 5.43. The second kappa shape index (κ2) is 8.46. The van der Waals surface area contributed by atoms with Crippen LogP contribution < -0.4 is 5.73 Å². The standard InChI is InChI=1S/C14H20ClNO2S/c1-3-12(16)14(19-8-7-13(17)18-2)10-5-4-6-11(15)9-10/h4-6,9,12,14H,3,7-8,16H2,1-2H3. The summed E-state index contributed by atoms with van der Waals surface area (Å²) in [5.74, 6) is 0.500. The Morgan fingerprint density at radius 1 is 1.53 bits per heavy atom. The largest absolute Gasteiger partial charge is 0.469 e. The van der Waals surface area contributed by atoms with Crippen molar-refractivity contribution in [3.63, 3.8) is 0 Å². The third-order valence-electron chi connectivity index (χ3n) is 2.87. The maximum absolute atomic E-state index is 11.1. The molecule has 1 aromatic carbocycles. The molecule has 2 unspecified atom stereocenters. The van der Waals surface area contributed by atoms with Crippen molar-refractivity contribution in [2.75, 3.05) is 12.9 Å². The van der Waals surface area contributed by atoms with Gasteiger partial charge >= 0.3 is 5.97 Å². The molecule has 0 heterocycles. The fraction of sp³-hybridized carbons (Fsp3) is 0.500. The number of thioether (sulfide) groups is 1. The van der Waals surface area contributed by atoms with Crippen LogP contribution in [-0.4, -0.2) is 24.9 Å². The molecule has 0 amide bonds. The van der Waals surface area contributed by atoms with Crippen molar-refractivity contribution in [2.24, 2.45) is 5.73 Å². The van der Waals surface area contributed by atoms with Crippen molar-refractivity contribution < 1.29 is 9.53 Å². The van der Waals surface area contributed by atoms with Gasteiger partial charge in [0.25, 0.3) is 0 Å². The molecule has 19 heavy (non-hydrogen) atoms. The van der Waals surface area contributed by atoms with E-state index in [1.807, 2.05) is 24.3 Å². The van der Waals surface area contributed by atoms with Crippen molar-refractivity contribution in [3.8, 4) is 0 Å². The molecule has 3 nitrogen and oxygen atoms in total. The van der Waals surface area contributed by atoms with E-state index in [-0.39, 0.29) is 17.3 Å². The molecule has 0 aliphatic carbocycles. The van der Waals surface area contributed by atoms with Crippen LogP contribution >= 0.6 is 23.4 Å². The first-order chi connectivity index (χ1) is 9.08. The van der Waals surface area contributed by atoms with Crippen LogP contribution in [0.2, 0.25) is 5.02 Å². The maximum atomic E-state index is 11.1. The van der Waals surface area contributed by atoms with Crippen LogP contribution in [0.5, 0.6) is 0 Å². The van der Waals surface area contributed by atoms with Gasteiger partial charge in [-0.05, 0) is 24.1 Å². The Morgan fingerprint density at radius 2 is 2.26 bits per heavy atom. The minimum Gasteiger partial charge on any atom is -0.469 e. The normalized spacial score (nSPS) is 13.9. The molecule has 0 aliphatic heterocycles. The van der Waals surface area contributed by atoms with Crippen molar-refractivity contribution >= 4 is 29.3 Å². The number of ether oxygens (including phenoxy) is 1. The zero-order chi connectivity index (χ0) is 14.3. The number of hydrogen-bond donors (Lipinski definition) is 1. The molecule has 0 saturated carbocycles. The van der Waals surface area contributed by atoms with Crippen LogP contribution in [0.4, 0.5) is 0 Å². The van der Waals surface area contributed by atoms with Crippen molar-refractivity contribution in [2.45, 2.75) is 31.1 Å². The third-order valence-corrected chi connectivity index (χ3v) is 4.52. The fourth-order valence-corrected chi connectivity index (χ4v) is 3.25. The average molecular weight is 302 g/mol. The minimum atomic E-state index is -0.192. The Kier molecular flexibility index (Phi) is 7.28. The second-order valence-corrected chi connectivity index (χ2v) is 5.93. The molecule has 0 aromatic heterocycles. The van der Waals surface area contributed by atoms with E-state index < -0.39 is 0 Å². The lowest BCUT2D eigenvalue weighted by Gasteiger charge is -2.23. The lowest BCUT2D eigenvalue weighted by atomic mass is 10.0. The zero-order valence-corrected chi connectivity index (χ0v) is 12.8. The van der Waals surface area contributed by atoms with Crippen molar-refractivity contribution in [1.82, 2.24) is 0 Å². The molecule has 1 aromatic rings. The first-order valence-electron chi connectivity index (χ1n) is 6.28. The summed E-state index contributed by atoms with van der Waals surface area (Å²) in [6, 6.07) is 7.78. The second-order valence-electron chi connectivity index (χ2n) is 4.24. The smallest absolute Gasteiger partial charge is 0.306 e. The molecule has 5 heteroatoms. The summed E-state index contributed by atoms with van der Waals surface area (Å²) in [6.45, 7) is 2.06. The van der Waals surface area contributed by atoms with Crippen LogP contribution in [0.15, 0.2) is 24.3 Å². The molecule has 0 bridgehead atoms. The van der Waals surface area contributed by atoms with Gasteiger partial charge in [-0.2, -0.15) is 11.8 Å². The molecule has 0 radical (unpaired) electrons. The molecule has 1 rings (SSSR count). The minimum absolute atomic E-state index is 0.0427. The van der Waals surface area contributed by atoms with E-state index in [1.54, 1.807) is 11.8 Å². The fourth-order valence-electron chi connectivity index (χ4n) is 1.74. The van der Waals surface area contributed by atoms with Gasteiger partial charge in [-0.3, -0.25) is 4.79 Å². The first kappa shape index (κ1) is 16.3. The molecule has 106 valence electrons. The molecule has 2 atom stereocenters. The number of nitrogens with two attached hydrogens (primary N) is 1. The van der Waals surface area contributed by atoms with E-state index >= 15 is 0 Å². The van der Waals surface area contributed by atoms with E-state index in [1.165, 1.54) is 7.11 Å². The van der Waals surface area contributed by atoms with E-state index in [2.05, 4.69) is 11.7 Å². The number of halogens is 1. The Morgan fingerprint density at radius 3 is 2.84 bits per heavy atom. The van der Waals surface area contributed by atoms with Gasteiger partial charge < -0.3 is 10.5 Å². The van der Waals surface area contributed by atoms with Crippen molar-refractivity contribution in [3.05, 3.63) is 34.9 Å². The maximum Gasteiger partial charge on any atom is 0.306 e. The number of benzene rings is 1. The van der Waals surface area contributed by atoms with Gasteiger partial charge in [0, 0.05) is 22.1 Å². The van der Waals surface area contributed by atoms with E-state index in [0.29, 0.717) is 17.2 Å². The summed E-state index contributed by atoms with van der Waals surface area (Å²) in [7, 11) is 1.40. The topological polar surface area (TPSA) is 52.3 Å². The van der Waals surface area contributed by atoms with Crippen LogP contribution in [0.25, 0.3) is 0 Å². The van der Waals surface area contributed by atoms with Crippen LogP contribution in [0.3, 0.4) is 0 Å². The van der Waals surface area contributed by atoms with Gasteiger partial charge in [-0.25, -0.2) is 0 Å². The first-order valence-corrected chi connectivity index (χ1v) is 7.70. The van der Waals surface area contributed by atoms with Crippen LogP contribution in [0.1, 0.15) is 30.6 Å². The van der Waals surface area contributed by atoms with Crippen LogP contribution in [0, 0.1) is 0 Å². The predicted octanol–water partition coefficient (Wildman–Crippen LogP) is 3.41. The predicted molar refractivity (Wildman–Crippen MR) is 81.6 cm³/mol. The van der Waals surface area contributed by atoms with E-state index in [4.69, 9.17) is 17.3 Å². The highest BCUT2D eigenvalue weighted by Crippen LogP contribution is 2.34. The van der Waals surface area contributed by atoms with E-state index in [0.717, 1.165) is 12.0 Å². The van der Waals surface area contributed by atoms with Gasteiger partial charge in [0.2, 0.25) is 0 Å². The van der Waals surface area contributed by atoms with Crippen molar-refractivity contribution in [1.29, 1.82) is 0 Å². The number of rotatable bonds is 7. The Labute approximate surface area is 123 Å². The highest BCUT2D eigenvalue weighted by molar-refractivity contribution is 7.99. The lowest BCUT2D eigenvalue weighted by molar-refractivity contribution is -0.140. The molecule has 0 spiro atoms. The summed E-state index contributed by atoms with van der Waals surface area (Å²) in [6.07, 6.45) is 1.27. The average Bonchev–Trinajstić information content (AvgIpc) is 2.42. The van der Waals surface area contributed by atoms with Gasteiger partial charge in [-0.1, -0.05) is 30.7 Å². The molecule has 0 saturated heterocycles. The summed E-state index contributed by atoms with van der Waals surface area (Å²) < 4.78 is 4.64. The molecular formula is C14H20ClNO2S. The summed E-state index contributed by atoms with van der Waals surface area (Å²) in [4.78, 5) is 11.1. The van der Waals surface area contributed by atoms with Crippen LogP contribution in [-0.2, 0) is 9.53 Å². The highest BCUT2D eigenvalue weighted by atomic mass is 35.5. The molecule has 0 fully saturated rings. The number of carbonyl (C=O) groups is 1. The van der Waals surface area contributed by atoms with Gasteiger partial charge in [0.05, 0.1) is 13.5 Å². The van der Waals surface area contributed by atoms with Gasteiger partial charge in [0.15, 0.2) is 0 Å². The monoisotopic (exact) mass is 301 g/mol. The quantitative estimate of drug-likeness (QED) is 0.784. The zero-order valence-electron chi connectivity index (χ0n) is 11.3. The summed E-state index contributed by atoms with van der Waals surface area (Å²) in [5, 5.41) is 0.854. The lowest BCUT2D eigenvalue weighted by Crippen LogP contribution is -2.26. The number of hydrogen-bond acceptors (Lipinski definition) is 4.